The lowest BCUT2D eigenvalue weighted by Gasteiger charge is -2.07. The number of ether oxygens (including phenoxy) is 1. The SMILES string of the molecule is CCCOc1ccc(-c2ccc(-c3ccc(-c4cccs4)s3)cc2)cc1. The van der Waals surface area contributed by atoms with Crippen LogP contribution in [0.15, 0.2) is 78.2 Å². The third-order valence-electron chi connectivity index (χ3n) is 4.20. The van der Waals surface area contributed by atoms with Crippen molar-refractivity contribution in [3.8, 4) is 37.1 Å². The molecule has 0 aliphatic heterocycles. The van der Waals surface area contributed by atoms with Crippen molar-refractivity contribution in [1.82, 2.24) is 0 Å². The maximum absolute atomic E-state index is 5.66. The standard InChI is InChI=1S/C23H20OS2/c1-2-15-24-20-11-9-18(10-12-20)17-5-7-19(8-6-17)21-13-14-23(26-21)22-4-3-16-25-22/h3-14,16H,2,15H2,1H3. The van der Waals surface area contributed by atoms with E-state index < -0.39 is 0 Å². The monoisotopic (exact) mass is 376 g/mol. The topological polar surface area (TPSA) is 9.23 Å². The van der Waals surface area contributed by atoms with Gasteiger partial charge in [0.1, 0.15) is 5.75 Å². The third kappa shape index (κ3) is 3.74. The van der Waals surface area contributed by atoms with Crippen LogP contribution in [0.3, 0.4) is 0 Å². The van der Waals surface area contributed by atoms with Crippen LogP contribution < -0.4 is 4.74 Å². The molecule has 0 bridgehead atoms. The average Bonchev–Trinajstić information content (AvgIpc) is 3.38. The molecule has 0 N–H and O–H groups in total. The molecule has 0 radical (unpaired) electrons. The number of thiophene rings is 2. The molecule has 4 aromatic rings. The highest BCUT2D eigenvalue weighted by Gasteiger charge is 2.06. The van der Waals surface area contributed by atoms with Crippen molar-refractivity contribution in [2.24, 2.45) is 0 Å². The Bertz CT molecular complexity index is 948. The fourth-order valence-corrected chi connectivity index (χ4v) is 4.68. The molecule has 26 heavy (non-hydrogen) atoms. The summed E-state index contributed by atoms with van der Waals surface area (Å²) in [6.45, 7) is 2.88. The second-order valence-electron chi connectivity index (χ2n) is 6.09. The molecule has 0 amide bonds. The fraction of sp³-hybridized carbons (Fsp3) is 0.130. The van der Waals surface area contributed by atoms with Crippen molar-refractivity contribution in [2.45, 2.75) is 13.3 Å². The first-order valence-electron chi connectivity index (χ1n) is 8.81. The molecule has 2 aromatic carbocycles. The van der Waals surface area contributed by atoms with Crippen LogP contribution in [0, 0.1) is 0 Å². The van der Waals surface area contributed by atoms with Gasteiger partial charge in [0.15, 0.2) is 0 Å². The van der Waals surface area contributed by atoms with Crippen molar-refractivity contribution in [2.75, 3.05) is 6.61 Å². The van der Waals surface area contributed by atoms with Gasteiger partial charge in [-0.25, -0.2) is 0 Å². The second-order valence-corrected chi connectivity index (χ2v) is 8.12. The summed E-state index contributed by atoms with van der Waals surface area (Å²) in [5, 5.41) is 2.13. The molecule has 2 heterocycles. The summed E-state index contributed by atoms with van der Waals surface area (Å²) in [5.74, 6) is 0.937. The molecule has 0 unspecified atom stereocenters. The van der Waals surface area contributed by atoms with Gasteiger partial charge in [-0.2, -0.15) is 0 Å². The quantitative estimate of drug-likeness (QED) is 0.336. The lowest BCUT2D eigenvalue weighted by atomic mass is 10.0. The van der Waals surface area contributed by atoms with E-state index in [1.807, 2.05) is 23.5 Å². The van der Waals surface area contributed by atoms with Crippen LogP contribution >= 0.6 is 22.7 Å². The summed E-state index contributed by atoms with van der Waals surface area (Å²) >= 11 is 3.64. The summed E-state index contributed by atoms with van der Waals surface area (Å²) in [6, 6.07) is 25.9. The zero-order chi connectivity index (χ0) is 17.8. The van der Waals surface area contributed by atoms with Gasteiger partial charge in [0.2, 0.25) is 0 Å². The lowest BCUT2D eigenvalue weighted by Crippen LogP contribution is -1.94. The summed E-state index contributed by atoms with van der Waals surface area (Å²) in [6.07, 6.45) is 1.03. The predicted molar refractivity (Wildman–Crippen MR) is 114 cm³/mol. The van der Waals surface area contributed by atoms with Crippen LogP contribution in [0.1, 0.15) is 13.3 Å². The first kappa shape index (κ1) is 17.1. The highest BCUT2D eigenvalue weighted by molar-refractivity contribution is 7.23. The molecule has 1 nitrogen and oxygen atoms in total. The van der Waals surface area contributed by atoms with Gasteiger partial charge in [-0.3, -0.25) is 0 Å². The van der Waals surface area contributed by atoms with Crippen LogP contribution in [0.2, 0.25) is 0 Å². The normalized spacial score (nSPS) is 10.8. The van der Waals surface area contributed by atoms with E-state index >= 15 is 0 Å². The van der Waals surface area contributed by atoms with Crippen LogP contribution in [0.5, 0.6) is 5.75 Å². The van der Waals surface area contributed by atoms with Crippen molar-refractivity contribution in [3.63, 3.8) is 0 Å². The summed E-state index contributed by atoms with van der Waals surface area (Å²) in [7, 11) is 0. The number of hydrogen-bond donors (Lipinski definition) is 0. The highest BCUT2D eigenvalue weighted by atomic mass is 32.1. The largest absolute Gasteiger partial charge is 0.494 e. The van der Waals surface area contributed by atoms with Crippen LogP contribution in [0.4, 0.5) is 0 Å². The van der Waals surface area contributed by atoms with E-state index in [2.05, 4.69) is 73.0 Å². The Morgan fingerprint density at radius 3 is 2.00 bits per heavy atom. The van der Waals surface area contributed by atoms with Gasteiger partial charge >= 0.3 is 0 Å². The number of benzene rings is 2. The summed E-state index contributed by atoms with van der Waals surface area (Å²) in [5.41, 5.74) is 3.71. The van der Waals surface area contributed by atoms with Gasteiger partial charge in [-0.05, 0) is 58.8 Å². The predicted octanol–water partition coefficient (Wildman–Crippen LogP) is 7.60. The Labute approximate surface area is 162 Å². The van der Waals surface area contributed by atoms with E-state index in [9.17, 15) is 0 Å². The van der Waals surface area contributed by atoms with Crippen molar-refractivity contribution >= 4 is 22.7 Å². The van der Waals surface area contributed by atoms with Crippen molar-refractivity contribution in [3.05, 3.63) is 78.2 Å². The Balaban J connectivity index is 1.51. The molecular formula is C23H20OS2. The third-order valence-corrected chi connectivity index (χ3v) is 6.40. The molecule has 130 valence electrons. The van der Waals surface area contributed by atoms with E-state index in [0.29, 0.717) is 0 Å². The minimum Gasteiger partial charge on any atom is -0.494 e. The van der Waals surface area contributed by atoms with E-state index in [1.165, 1.54) is 31.3 Å². The minimum atomic E-state index is 0.766. The van der Waals surface area contributed by atoms with Gasteiger partial charge < -0.3 is 4.74 Å². The second kappa shape index (κ2) is 7.90. The maximum Gasteiger partial charge on any atom is 0.119 e. The lowest BCUT2D eigenvalue weighted by molar-refractivity contribution is 0.317. The Morgan fingerprint density at radius 1 is 0.692 bits per heavy atom. The summed E-state index contributed by atoms with van der Waals surface area (Å²) < 4.78 is 5.66. The van der Waals surface area contributed by atoms with Crippen molar-refractivity contribution < 1.29 is 4.74 Å². The Hall–Kier alpha value is -2.36. The first-order valence-corrected chi connectivity index (χ1v) is 10.5. The Kier molecular flexibility index (Phi) is 5.19. The van der Waals surface area contributed by atoms with E-state index in [4.69, 9.17) is 4.74 Å². The first-order chi connectivity index (χ1) is 12.8. The van der Waals surface area contributed by atoms with E-state index in [1.54, 1.807) is 11.3 Å². The fourth-order valence-electron chi connectivity index (χ4n) is 2.83. The molecule has 0 atom stereocenters. The van der Waals surface area contributed by atoms with E-state index in [-0.39, 0.29) is 0 Å². The van der Waals surface area contributed by atoms with Gasteiger partial charge in [0.05, 0.1) is 6.61 Å². The maximum atomic E-state index is 5.66. The summed E-state index contributed by atoms with van der Waals surface area (Å²) in [4.78, 5) is 3.98. The number of hydrogen-bond acceptors (Lipinski definition) is 3. The van der Waals surface area contributed by atoms with Crippen molar-refractivity contribution in [1.29, 1.82) is 0 Å². The molecule has 3 heteroatoms. The molecule has 0 saturated heterocycles. The van der Waals surface area contributed by atoms with E-state index in [0.717, 1.165) is 18.8 Å². The minimum absolute atomic E-state index is 0.766. The average molecular weight is 377 g/mol. The molecule has 0 fully saturated rings. The van der Waals surface area contributed by atoms with Crippen LogP contribution in [-0.2, 0) is 0 Å². The number of rotatable bonds is 6. The molecule has 0 saturated carbocycles. The van der Waals surface area contributed by atoms with Gasteiger partial charge in [0.25, 0.3) is 0 Å². The molecule has 4 rings (SSSR count). The molecule has 0 aliphatic carbocycles. The smallest absolute Gasteiger partial charge is 0.119 e. The molecule has 0 spiro atoms. The molecule has 2 aromatic heterocycles. The van der Waals surface area contributed by atoms with Gasteiger partial charge in [-0.1, -0.05) is 49.4 Å². The molecule has 0 aliphatic rings. The van der Waals surface area contributed by atoms with Crippen LogP contribution in [-0.4, -0.2) is 6.61 Å². The van der Waals surface area contributed by atoms with Gasteiger partial charge in [0, 0.05) is 14.6 Å². The van der Waals surface area contributed by atoms with Crippen LogP contribution in [0.25, 0.3) is 31.3 Å². The van der Waals surface area contributed by atoms with Gasteiger partial charge in [-0.15, -0.1) is 22.7 Å². The highest BCUT2D eigenvalue weighted by Crippen LogP contribution is 2.37. The zero-order valence-corrected chi connectivity index (χ0v) is 16.3. The zero-order valence-electron chi connectivity index (χ0n) is 14.6. The molecular weight excluding hydrogens is 356 g/mol. The Morgan fingerprint density at radius 2 is 1.35 bits per heavy atom.